The molecule has 0 aliphatic rings. The lowest BCUT2D eigenvalue weighted by Crippen LogP contribution is -2.00. The largest absolute Gasteiger partial charge is 0.488 e. The molecule has 0 amide bonds. The zero-order valence-corrected chi connectivity index (χ0v) is 12.8. The zero-order chi connectivity index (χ0) is 13.8. The zero-order valence-electron chi connectivity index (χ0n) is 9.70. The van der Waals surface area contributed by atoms with Gasteiger partial charge in [0.25, 0.3) is 5.24 Å². The normalized spacial score (nSPS) is 10.3. The molecule has 0 aliphatic heterocycles. The van der Waals surface area contributed by atoms with Crippen LogP contribution in [-0.2, 0) is 6.61 Å². The summed E-state index contributed by atoms with van der Waals surface area (Å²) in [4.78, 5) is 11.3. The molecular formula is C14H9BrCl2O2. The highest BCUT2D eigenvalue weighted by Gasteiger charge is 2.11. The van der Waals surface area contributed by atoms with E-state index in [0.29, 0.717) is 22.9 Å². The molecule has 2 rings (SSSR count). The summed E-state index contributed by atoms with van der Waals surface area (Å²) >= 11 is 14.6. The van der Waals surface area contributed by atoms with Crippen molar-refractivity contribution in [3.8, 4) is 5.75 Å². The Morgan fingerprint density at radius 2 is 1.84 bits per heavy atom. The molecule has 0 heterocycles. The highest BCUT2D eigenvalue weighted by atomic mass is 79.9. The van der Waals surface area contributed by atoms with Crippen LogP contribution in [0.2, 0.25) is 5.02 Å². The molecule has 0 saturated carbocycles. The SMILES string of the molecule is O=C(Cl)c1cc(Br)ccc1OCc1ccc(Cl)cc1. The minimum Gasteiger partial charge on any atom is -0.488 e. The summed E-state index contributed by atoms with van der Waals surface area (Å²) in [5.74, 6) is 0.457. The quantitative estimate of drug-likeness (QED) is 0.713. The highest BCUT2D eigenvalue weighted by molar-refractivity contribution is 9.10. The summed E-state index contributed by atoms with van der Waals surface area (Å²) < 4.78 is 6.38. The first kappa shape index (κ1) is 14.4. The van der Waals surface area contributed by atoms with Gasteiger partial charge in [0.05, 0.1) is 5.56 Å². The first-order valence-electron chi connectivity index (χ1n) is 5.43. The van der Waals surface area contributed by atoms with Crippen molar-refractivity contribution in [2.75, 3.05) is 0 Å². The van der Waals surface area contributed by atoms with E-state index in [2.05, 4.69) is 15.9 Å². The van der Waals surface area contributed by atoms with Gasteiger partial charge in [0, 0.05) is 9.50 Å². The minimum absolute atomic E-state index is 0.338. The first-order chi connectivity index (χ1) is 9.06. The number of halogens is 3. The number of hydrogen-bond donors (Lipinski definition) is 0. The Labute approximate surface area is 129 Å². The van der Waals surface area contributed by atoms with Crippen LogP contribution < -0.4 is 4.74 Å². The summed E-state index contributed by atoms with van der Waals surface area (Å²) in [6, 6.07) is 12.4. The average Bonchev–Trinajstić information content (AvgIpc) is 2.39. The molecule has 0 radical (unpaired) electrons. The fourth-order valence-corrected chi connectivity index (χ4v) is 2.16. The van der Waals surface area contributed by atoms with Gasteiger partial charge in [-0.1, -0.05) is 39.7 Å². The summed E-state index contributed by atoms with van der Waals surface area (Å²) in [6.45, 7) is 0.343. The van der Waals surface area contributed by atoms with Gasteiger partial charge in [-0.15, -0.1) is 0 Å². The summed E-state index contributed by atoms with van der Waals surface area (Å²) in [6.07, 6.45) is 0. The van der Waals surface area contributed by atoms with Crippen LogP contribution in [0.25, 0.3) is 0 Å². The van der Waals surface area contributed by atoms with Crippen molar-refractivity contribution in [2.45, 2.75) is 6.61 Å². The molecule has 2 aromatic carbocycles. The van der Waals surface area contributed by atoms with Gasteiger partial charge in [-0.05, 0) is 47.5 Å². The molecule has 2 aromatic rings. The number of rotatable bonds is 4. The van der Waals surface area contributed by atoms with Crippen molar-refractivity contribution in [3.05, 3.63) is 63.1 Å². The Morgan fingerprint density at radius 1 is 1.16 bits per heavy atom. The summed E-state index contributed by atoms with van der Waals surface area (Å²) in [5.41, 5.74) is 1.30. The number of carbonyl (C=O) groups excluding carboxylic acids is 1. The predicted molar refractivity (Wildman–Crippen MR) is 80.1 cm³/mol. The Hall–Kier alpha value is -1.03. The molecule has 0 fully saturated rings. The van der Waals surface area contributed by atoms with Crippen LogP contribution in [0.15, 0.2) is 46.9 Å². The van der Waals surface area contributed by atoms with E-state index in [4.69, 9.17) is 27.9 Å². The molecule has 0 N–H and O–H groups in total. The average molecular weight is 360 g/mol. The maximum absolute atomic E-state index is 11.3. The van der Waals surface area contributed by atoms with Crippen LogP contribution in [0, 0.1) is 0 Å². The Bertz CT molecular complexity index is 597. The third-order valence-electron chi connectivity index (χ3n) is 2.46. The molecule has 0 unspecified atom stereocenters. The van der Waals surface area contributed by atoms with Crippen LogP contribution in [0.4, 0.5) is 0 Å². The van der Waals surface area contributed by atoms with Crippen molar-refractivity contribution in [3.63, 3.8) is 0 Å². The van der Waals surface area contributed by atoms with Gasteiger partial charge in [-0.2, -0.15) is 0 Å². The second-order valence-corrected chi connectivity index (χ2v) is 5.52. The smallest absolute Gasteiger partial charge is 0.256 e. The van der Waals surface area contributed by atoms with Gasteiger partial charge < -0.3 is 4.74 Å². The maximum atomic E-state index is 11.3. The predicted octanol–water partition coefficient (Wildman–Crippen LogP) is 5.06. The molecule has 0 aliphatic carbocycles. The van der Waals surface area contributed by atoms with E-state index in [-0.39, 0.29) is 0 Å². The van der Waals surface area contributed by atoms with Gasteiger partial charge in [-0.3, -0.25) is 4.79 Å². The third-order valence-corrected chi connectivity index (χ3v) is 3.41. The third kappa shape index (κ3) is 3.96. The van der Waals surface area contributed by atoms with Crippen molar-refractivity contribution in [1.82, 2.24) is 0 Å². The molecule has 0 atom stereocenters. The Balaban J connectivity index is 2.15. The fraction of sp³-hybridized carbons (Fsp3) is 0.0714. The lowest BCUT2D eigenvalue weighted by molar-refractivity contribution is 0.107. The number of ether oxygens (including phenoxy) is 1. The molecule has 0 spiro atoms. The summed E-state index contributed by atoms with van der Waals surface area (Å²) in [7, 11) is 0. The standard InChI is InChI=1S/C14H9BrCl2O2/c15-10-3-6-13(12(7-10)14(17)18)19-8-9-1-4-11(16)5-2-9/h1-7H,8H2. The minimum atomic E-state index is -0.549. The van der Waals surface area contributed by atoms with E-state index in [0.717, 1.165) is 10.0 Å². The molecule has 0 aromatic heterocycles. The maximum Gasteiger partial charge on any atom is 0.256 e. The molecule has 0 saturated heterocycles. The Morgan fingerprint density at radius 3 is 2.47 bits per heavy atom. The lowest BCUT2D eigenvalue weighted by Gasteiger charge is -2.09. The van der Waals surface area contributed by atoms with Gasteiger partial charge >= 0.3 is 0 Å². The van der Waals surface area contributed by atoms with Gasteiger partial charge in [-0.25, -0.2) is 0 Å². The van der Waals surface area contributed by atoms with Crippen molar-refractivity contribution < 1.29 is 9.53 Å². The molecule has 2 nitrogen and oxygen atoms in total. The second kappa shape index (κ2) is 6.42. The van der Waals surface area contributed by atoms with E-state index in [1.165, 1.54) is 0 Å². The molecule has 5 heteroatoms. The van der Waals surface area contributed by atoms with E-state index in [1.807, 2.05) is 12.1 Å². The van der Waals surface area contributed by atoms with Crippen molar-refractivity contribution in [1.29, 1.82) is 0 Å². The highest BCUT2D eigenvalue weighted by Crippen LogP contribution is 2.25. The van der Waals surface area contributed by atoms with Gasteiger partial charge in [0.15, 0.2) is 0 Å². The van der Waals surface area contributed by atoms with Crippen LogP contribution in [-0.4, -0.2) is 5.24 Å². The molecule has 0 bridgehead atoms. The van der Waals surface area contributed by atoms with E-state index >= 15 is 0 Å². The molecule has 98 valence electrons. The van der Waals surface area contributed by atoms with E-state index < -0.39 is 5.24 Å². The van der Waals surface area contributed by atoms with Crippen molar-refractivity contribution >= 4 is 44.4 Å². The van der Waals surface area contributed by atoms with Crippen LogP contribution in [0.3, 0.4) is 0 Å². The topological polar surface area (TPSA) is 26.3 Å². The van der Waals surface area contributed by atoms with Crippen LogP contribution in [0.5, 0.6) is 5.75 Å². The fourth-order valence-electron chi connectivity index (χ4n) is 1.52. The molecular weight excluding hydrogens is 351 g/mol. The number of hydrogen-bond acceptors (Lipinski definition) is 2. The second-order valence-electron chi connectivity index (χ2n) is 3.83. The van der Waals surface area contributed by atoms with Crippen molar-refractivity contribution in [2.24, 2.45) is 0 Å². The lowest BCUT2D eigenvalue weighted by atomic mass is 10.2. The van der Waals surface area contributed by atoms with E-state index in [1.54, 1.807) is 30.3 Å². The van der Waals surface area contributed by atoms with Gasteiger partial charge in [0.2, 0.25) is 0 Å². The summed E-state index contributed by atoms with van der Waals surface area (Å²) in [5, 5.41) is 0.122. The number of benzene rings is 2. The Kier molecular flexibility index (Phi) is 4.86. The first-order valence-corrected chi connectivity index (χ1v) is 6.98. The molecule has 19 heavy (non-hydrogen) atoms. The van der Waals surface area contributed by atoms with Crippen LogP contribution in [0.1, 0.15) is 15.9 Å². The van der Waals surface area contributed by atoms with Crippen LogP contribution >= 0.6 is 39.1 Å². The van der Waals surface area contributed by atoms with Gasteiger partial charge in [0.1, 0.15) is 12.4 Å². The monoisotopic (exact) mass is 358 g/mol. The van der Waals surface area contributed by atoms with E-state index in [9.17, 15) is 4.79 Å². The number of carbonyl (C=O) groups is 1.